The van der Waals surface area contributed by atoms with E-state index in [-0.39, 0.29) is 44.2 Å². The zero-order valence-electron chi connectivity index (χ0n) is 16.5. The molecule has 0 saturated carbocycles. The lowest BCUT2D eigenvalue weighted by Gasteiger charge is -2.06. The van der Waals surface area contributed by atoms with Crippen LogP contribution in [0.15, 0.2) is 77.4 Å². The predicted molar refractivity (Wildman–Crippen MR) is 122 cm³/mol. The molecule has 3 aromatic rings. The van der Waals surface area contributed by atoms with Gasteiger partial charge < -0.3 is 9.47 Å². The number of halogens is 2. The zero-order chi connectivity index (χ0) is 23.5. The first-order valence-electron chi connectivity index (χ1n) is 9.35. The van der Waals surface area contributed by atoms with Gasteiger partial charge in [-0.15, -0.1) is 0 Å². The fourth-order valence-electron chi connectivity index (χ4n) is 2.89. The minimum atomic E-state index is -0.700. The van der Waals surface area contributed by atoms with Gasteiger partial charge in [-0.1, -0.05) is 47.5 Å². The van der Waals surface area contributed by atoms with Gasteiger partial charge in [0, 0.05) is 12.1 Å². The summed E-state index contributed by atoms with van der Waals surface area (Å²) in [6.45, 7) is 0. The van der Waals surface area contributed by atoms with Gasteiger partial charge in [-0.3, -0.25) is 10.1 Å². The molecular weight excluding hydrogens is 471 g/mol. The number of nitrogens with zero attached hydrogens (tertiary/aromatic N) is 2. The van der Waals surface area contributed by atoms with Crippen LogP contribution in [-0.2, 0) is 9.53 Å². The fourth-order valence-corrected chi connectivity index (χ4v) is 3.36. The molecule has 164 valence electrons. The lowest BCUT2D eigenvalue weighted by Crippen LogP contribution is -2.08. The predicted octanol–water partition coefficient (Wildman–Crippen LogP) is 5.47. The first kappa shape index (κ1) is 22.2. The molecule has 0 unspecified atom stereocenters. The third kappa shape index (κ3) is 4.92. The van der Waals surface area contributed by atoms with E-state index in [1.165, 1.54) is 18.2 Å². The molecule has 1 heterocycles. The molecule has 4 rings (SSSR count). The molecule has 10 heteroatoms. The van der Waals surface area contributed by atoms with Crippen molar-refractivity contribution in [2.45, 2.75) is 0 Å². The van der Waals surface area contributed by atoms with E-state index in [0.29, 0.717) is 5.56 Å². The summed E-state index contributed by atoms with van der Waals surface area (Å²) in [4.78, 5) is 38.9. The molecule has 1 aliphatic rings. The Labute approximate surface area is 196 Å². The maximum absolute atomic E-state index is 12.3. The molecule has 0 aliphatic carbocycles. The van der Waals surface area contributed by atoms with Gasteiger partial charge in [0.05, 0.1) is 26.1 Å². The third-order valence-corrected chi connectivity index (χ3v) is 5.14. The van der Waals surface area contributed by atoms with E-state index in [1.807, 2.05) is 0 Å². The molecule has 0 amide bonds. The van der Waals surface area contributed by atoms with Crippen LogP contribution in [0.1, 0.15) is 21.5 Å². The van der Waals surface area contributed by atoms with Crippen LogP contribution in [-0.4, -0.2) is 22.8 Å². The van der Waals surface area contributed by atoms with Crippen LogP contribution in [0, 0.1) is 10.1 Å². The Morgan fingerprint density at radius 1 is 1.03 bits per heavy atom. The van der Waals surface area contributed by atoms with E-state index in [0.717, 1.165) is 6.07 Å². The molecule has 0 atom stereocenters. The molecule has 3 aromatic carbocycles. The minimum absolute atomic E-state index is 0.0141. The number of rotatable bonds is 5. The summed E-state index contributed by atoms with van der Waals surface area (Å²) >= 11 is 12.1. The molecule has 0 aromatic heterocycles. The molecule has 0 saturated heterocycles. The Kier molecular flexibility index (Phi) is 6.21. The smallest absolute Gasteiger partial charge is 0.363 e. The lowest BCUT2D eigenvalue weighted by atomic mass is 10.2. The van der Waals surface area contributed by atoms with Crippen molar-refractivity contribution in [3.05, 3.63) is 109 Å². The topological polar surface area (TPSA) is 108 Å². The molecule has 33 heavy (non-hydrogen) atoms. The van der Waals surface area contributed by atoms with E-state index in [9.17, 15) is 19.7 Å². The number of esters is 2. The number of ether oxygens (including phenoxy) is 2. The first-order chi connectivity index (χ1) is 15.8. The van der Waals surface area contributed by atoms with Crippen LogP contribution >= 0.6 is 23.2 Å². The van der Waals surface area contributed by atoms with Crippen molar-refractivity contribution in [1.29, 1.82) is 0 Å². The van der Waals surface area contributed by atoms with Gasteiger partial charge in [-0.25, -0.2) is 14.6 Å². The van der Waals surface area contributed by atoms with E-state index < -0.39 is 16.9 Å². The molecular formula is C23H12Cl2N2O6. The van der Waals surface area contributed by atoms with Gasteiger partial charge in [0.25, 0.3) is 5.69 Å². The van der Waals surface area contributed by atoms with Gasteiger partial charge in [-0.05, 0) is 42.0 Å². The summed E-state index contributed by atoms with van der Waals surface area (Å²) < 4.78 is 10.5. The van der Waals surface area contributed by atoms with Crippen LogP contribution in [0.25, 0.3) is 6.08 Å². The van der Waals surface area contributed by atoms with Gasteiger partial charge in [0.1, 0.15) is 5.75 Å². The van der Waals surface area contributed by atoms with Crippen LogP contribution < -0.4 is 4.74 Å². The normalized spacial score (nSPS) is 14.1. The zero-order valence-corrected chi connectivity index (χ0v) is 18.0. The Balaban J connectivity index is 1.51. The minimum Gasteiger partial charge on any atom is -0.423 e. The molecule has 1 aliphatic heterocycles. The SMILES string of the molecule is O=C1OC(c2ccc([N+](=O)[O-])cc2Cl)=N/C1=C\c1ccc(OC(=O)c2ccccc2Cl)cc1. The monoisotopic (exact) mass is 482 g/mol. The van der Waals surface area contributed by atoms with Crippen LogP contribution in [0.2, 0.25) is 10.0 Å². The number of cyclic esters (lactones) is 1. The Morgan fingerprint density at radius 3 is 2.42 bits per heavy atom. The van der Waals surface area contributed by atoms with E-state index >= 15 is 0 Å². The van der Waals surface area contributed by atoms with Crippen molar-refractivity contribution in [3.63, 3.8) is 0 Å². The highest BCUT2D eigenvalue weighted by Crippen LogP contribution is 2.27. The highest BCUT2D eigenvalue weighted by Gasteiger charge is 2.26. The van der Waals surface area contributed by atoms with Crippen molar-refractivity contribution in [1.82, 2.24) is 0 Å². The molecule has 0 radical (unpaired) electrons. The number of nitro benzene ring substituents is 1. The summed E-state index contributed by atoms with van der Waals surface area (Å²) in [5, 5.41) is 11.2. The quantitative estimate of drug-likeness (QED) is 0.157. The average molecular weight is 483 g/mol. The highest BCUT2D eigenvalue weighted by atomic mass is 35.5. The van der Waals surface area contributed by atoms with Crippen molar-refractivity contribution >= 4 is 52.8 Å². The molecule has 0 bridgehead atoms. The number of aliphatic imine (C=N–C) groups is 1. The van der Waals surface area contributed by atoms with E-state index in [1.54, 1.807) is 48.5 Å². The summed E-state index contributed by atoms with van der Waals surface area (Å²) in [5.41, 5.74) is 0.908. The standard InChI is InChI=1S/C23H12Cl2N2O6/c24-18-4-2-1-3-17(18)22(28)32-15-8-5-13(6-9-15)11-20-23(29)33-21(26-20)16-10-7-14(27(30)31)12-19(16)25/h1-12H/b20-11-. The molecule has 8 nitrogen and oxygen atoms in total. The Bertz CT molecular complexity index is 1350. The van der Waals surface area contributed by atoms with Crippen LogP contribution in [0.3, 0.4) is 0 Å². The number of hydrogen-bond donors (Lipinski definition) is 0. The van der Waals surface area contributed by atoms with E-state index in [4.69, 9.17) is 32.7 Å². The summed E-state index contributed by atoms with van der Waals surface area (Å²) in [6, 6.07) is 16.6. The third-order valence-electron chi connectivity index (χ3n) is 4.50. The second-order valence-corrected chi connectivity index (χ2v) is 7.51. The van der Waals surface area contributed by atoms with Crippen LogP contribution in [0.4, 0.5) is 5.69 Å². The van der Waals surface area contributed by atoms with Gasteiger partial charge >= 0.3 is 11.9 Å². The number of nitro groups is 1. The van der Waals surface area contributed by atoms with Crippen molar-refractivity contribution in [2.24, 2.45) is 4.99 Å². The maximum atomic E-state index is 12.3. The summed E-state index contributed by atoms with van der Waals surface area (Å²) in [6.07, 6.45) is 1.48. The lowest BCUT2D eigenvalue weighted by molar-refractivity contribution is -0.384. The van der Waals surface area contributed by atoms with E-state index in [2.05, 4.69) is 4.99 Å². The largest absolute Gasteiger partial charge is 0.423 e. The summed E-state index contributed by atoms with van der Waals surface area (Å²) in [5.74, 6) is -1.07. The Hall–Kier alpha value is -4.01. The first-order valence-corrected chi connectivity index (χ1v) is 10.1. The van der Waals surface area contributed by atoms with Gasteiger partial charge in [0.15, 0.2) is 5.70 Å². The fraction of sp³-hybridized carbons (Fsp3) is 0. The van der Waals surface area contributed by atoms with Gasteiger partial charge in [0.2, 0.25) is 5.90 Å². The van der Waals surface area contributed by atoms with Crippen molar-refractivity contribution < 1.29 is 24.0 Å². The highest BCUT2D eigenvalue weighted by molar-refractivity contribution is 6.35. The van der Waals surface area contributed by atoms with Crippen molar-refractivity contribution in [2.75, 3.05) is 0 Å². The second kappa shape index (κ2) is 9.23. The van der Waals surface area contributed by atoms with Gasteiger partial charge in [-0.2, -0.15) is 0 Å². The summed E-state index contributed by atoms with van der Waals surface area (Å²) in [7, 11) is 0. The molecule has 0 spiro atoms. The second-order valence-electron chi connectivity index (χ2n) is 6.70. The maximum Gasteiger partial charge on any atom is 0.363 e. The molecule has 0 N–H and O–H groups in total. The molecule has 0 fully saturated rings. The van der Waals surface area contributed by atoms with Crippen LogP contribution in [0.5, 0.6) is 5.75 Å². The number of hydrogen-bond acceptors (Lipinski definition) is 7. The number of carbonyl (C=O) groups is 2. The Morgan fingerprint density at radius 2 is 1.76 bits per heavy atom. The average Bonchev–Trinajstić information content (AvgIpc) is 3.15. The number of non-ortho nitro benzene ring substituents is 1. The number of carbonyl (C=O) groups excluding carboxylic acids is 2. The van der Waals surface area contributed by atoms with Crippen molar-refractivity contribution in [3.8, 4) is 5.75 Å². The number of benzene rings is 3.